The van der Waals surface area contributed by atoms with Gasteiger partial charge in [-0.15, -0.1) is 0 Å². The smallest absolute Gasteiger partial charge is 0.315 e. The molecule has 136 valence electrons. The summed E-state index contributed by atoms with van der Waals surface area (Å²) < 4.78 is 5.55. The lowest BCUT2D eigenvalue weighted by atomic mass is 9.96. The zero-order valence-corrected chi connectivity index (χ0v) is 14.6. The van der Waals surface area contributed by atoms with Crippen molar-refractivity contribution in [2.75, 3.05) is 26.3 Å². The Labute approximate surface area is 148 Å². The van der Waals surface area contributed by atoms with Gasteiger partial charge in [0.05, 0.1) is 25.8 Å². The molecule has 2 N–H and O–H groups in total. The van der Waals surface area contributed by atoms with Gasteiger partial charge in [-0.2, -0.15) is 0 Å². The second-order valence-corrected chi connectivity index (χ2v) is 6.75. The van der Waals surface area contributed by atoms with E-state index >= 15 is 0 Å². The van der Waals surface area contributed by atoms with Crippen LogP contribution in [0.1, 0.15) is 43.7 Å². The molecular weight excluding hydrogens is 318 g/mol. The third-order valence-electron chi connectivity index (χ3n) is 4.97. The summed E-state index contributed by atoms with van der Waals surface area (Å²) in [6, 6.07) is 9.78. The summed E-state index contributed by atoms with van der Waals surface area (Å²) >= 11 is 0. The van der Waals surface area contributed by atoms with Crippen LogP contribution in [0.4, 0.5) is 4.79 Å². The average molecular weight is 345 g/mol. The van der Waals surface area contributed by atoms with Crippen molar-refractivity contribution in [3.63, 3.8) is 0 Å². The number of carbonyl (C=O) groups excluding carboxylic acids is 2. The first kappa shape index (κ1) is 17.7. The third kappa shape index (κ3) is 4.95. The zero-order valence-electron chi connectivity index (χ0n) is 14.6. The Morgan fingerprint density at radius 1 is 1.12 bits per heavy atom. The second-order valence-electron chi connectivity index (χ2n) is 6.75. The molecule has 2 fully saturated rings. The normalized spacial score (nSPS) is 21.6. The van der Waals surface area contributed by atoms with E-state index in [0.29, 0.717) is 19.8 Å². The highest BCUT2D eigenvalue weighted by molar-refractivity contribution is 5.84. The summed E-state index contributed by atoms with van der Waals surface area (Å²) in [7, 11) is 0. The van der Waals surface area contributed by atoms with Crippen LogP contribution in [0.3, 0.4) is 0 Å². The predicted molar refractivity (Wildman–Crippen MR) is 95.1 cm³/mol. The van der Waals surface area contributed by atoms with Crippen LogP contribution in [0.5, 0.6) is 0 Å². The molecule has 6 nitrogen and oxygen atoms in total. The van der Waals surface area contributed by atoms with E-state index in [9.17, 15) is 9.59 Å². The molecule has 1 aromatic rings. The third-order valence-corrected chi connectivity index (χ3v) is 4.97. The van der Waals surface area contributed by atoms with Gasteiger partial charge in [0.15, 0.2) is 0 Å². The molecule has 1 aliphatic heterocycles. The number of nitrogens with one attached hydrogen (secondary N) is 2. The first-order chi connectivity index (χ1) is 12.2. The van der Waals surface area contributed by atoms with E-state index in [-0.39, 0.29) is 30.6 Å². The van der Waals surface area contributed by atoms with Crippen LogP contribution in [0, 0.1) is 0 Å². The molecule has 0 spiro atoms. The number of hydrogen-bond acceptors (Lipinski definition) is 3. The Morgan fingerprint density at radius 2 is 1.88 bits per heavy atom. The molecule has 1 saturated heterocycles. The van der Waals surface area contributed by atoms with E-state index in [4.69, 9.17) is 4.74 Å². The van der Waals surface area contributed by atoms with Crippen molar-refractivity contribution in [2.45, 2.75) is 44.2 Å². The fourth-order valence-electron chi connectivity index (χ4n) is 3.59. The number of urea groups is 1. The molecule has 0 unspecified atom stereocenters. The zero-order chi connectivity index (χ0) is 17.5. The topological polar surface area (TPSA) is 70.7 Å². The molecule has 1 atom stereocenters. The van der Waals surface area contributed by atoms with Crippen molar-refractivity contribution in [3.8, 4) is 0 Å². The van der Waals surface area contributed by atoms with Crippen molar-refractivity contribution in [1.29, 1.82) is 0 Å². The molecule has 3 amide bonds. The Bertz CT molecular complexity index is 573. The fourth-order valence-corrected chi connectivity index (χ4v) is 3.59. The van der Waals surface area contributed by atoms with Crippen molar-refractivity contribution in [3.05, 3.63) is 35.9 Å². The summed E-state index contributed by atoms with van der Waals surface area (Å²) in [5.74, 6) is -0.0732. The maximum absolute atomic E-state index is 12.6. The molecule has 0 bridgehead atoms. The summed E-state index contributed by atoms with van der Waals surface area (Å²) in [5, 5.41) is 5.69. The number of nitrogens with zero attached hydrogens (tertiary/aromatic N) is 1. The van der Waals surface area contributed by atoms with Crippen molar-refractivity contribution in [1.82, 2.24) is 15.5 Å². The standard InChI is InChI=1S/C19H27N3O3/c23-18(13-20-19(24)21-16-9-5-2-6-10-16)22-11-12-25-14-17(22)15-7-3-1-4-8-15/h1,3-4,7-8,16-17H,2,5-6,9-14H2,(H2,20,21,24)/t17-/m0/s1. The predicted octanol–water partition coefficient (Wildman–Crippen LogP) is 2.22. The van der Waals surface area contributed by atoms with Crippen molar-refractivity contribution < 1.29 is 14.3 Å². The molecule has 1 heterocycles. The quantitative estimate of drug-likeness (QED) is 0.879. The first-order valence-electron chi connectivity index (χ1n) is 9.20. The van der Waals surface area contributed by atoms with Crippen LogP contribution in [-0.2, 0) is 9.53 Å². The van der Waals surface area contributed by atoms with E-state index in [1.807, 2.05) is 30.3 Å². The minimum atomic E-state index is -0.246. The number of benzene rings is 1. The molecule has 25 heavy (non-hydrogen) atoms. The van der Waals surface area contributed by atoms with Crippen LogP contribution in [0.25, 0.3) is 0 Å². The lowest BCUT2D eigenvalue weighted by Crippen LogP contribution is -2.50. The van der Waals surface area contributed by atoms with E-state index in [0.717, 1.165) is 31.2 Å². The molecule has 2 aliphatic rings. The number of ether oxygens (including phenoxy) is 1. The monoisotopic (exact) mass is 345 g/mol. The molecule has 6 heteroatoms. The minimum absolute atomic E-state index is 0.0158. The Kier molecular flexibility index (Phi) is 6.28. The highest BCUT2D eigenvalue weighted by atomic mass is 16.5. The van der Waals surface area contributed by atoms with Gasteiger partial charge in [0.1, 0.15) is 0 Å². The number of carbonyl (C=O) groups is 2. The van der Waals surface area contributed by atoms with Gasteiger partial charge in [-0.25, -0.2) is 4.79 Å². The Hall–Kier alpha value is -2.08. The van der Waals surface area contributed by atoms with E-state index in [1.54, 1.807) is 4.90 Å². The van der Waals surface area contributed by atoms with E-state index in [1.165, 1.54) is 6.42 Å². The van der Waals surface area contributed by atoms with Crippen LogP contribution < -0.4 is 10.6 Å². The van der Waals surface area contributed by atoms with Gasteiger partial charge >= 0.3 is 6.03 Å². The number of hydrogen-bond donors (Lipinski definition) is 2. The molecule has 1 aromatic carbocycles. The van der Waals surface area contributed by atoms with E-state index < -0.39 is 0 Å². The number of amides is 3. The maximum atomic E-state index is 12.6. The highest BCUT2D eigenvalue weighted by Gasteiger charge is 2.28. The average Bonchev–Trinajstić information content (AvgIpc) is 2.67. The Balaban J connectivity index is 1.51. The van der Waals surface area contributed by atoms with Crippen LogP contribution >= 0.6 is 0 Å². The largest absolute Gasteiger partial charge is 0.377 e. The van der Waals surface area contributed by atoms with Crippen LogP contribution in [-0.4, -0.2) is 49.2 Å². The van der Waals surface area contributed by atoms with Gasteiger partial charge in [-0.3, -0.25) is 4.79 Å². The lowest BCUT2D eigenvalue weighted by Gasteiger charge is -2.36. The SMILES string of the molecule is O=C(NCC(=O)N1CCOC[C@H]1c1ccccc1)NC1CCCCC1. The highest BCUT2D eigenvalue weighted by Crippen LogP contribution is 2.23. The van der Waals surface area contributed by atoms with Crippen molar-refractivity contribution >= 4 is 11.9 Å². The van der Waals surface area contributed by atoms with Gasteiger partial charge in [0, 0.05) is 12.6 Å². The van der Waals surface area contributed by atoms with Crippen LogP contribution in [0.2, 0.25) is 0 Å². The van der Waals surface area contributed by atoms with Gasteiger partial charge in [-0.05, 0) is 18.4 Å². The Morgan fingerprint density at radius 3 is 2.64 bits per heavy atom. The summed E-state index contributed by atoms with van der Waals surface area (Å²) in [6.07, 6.45) is 5.63. The summed E-state index contributed by atoms with van der Waals surface area (Å²) in [5.41, 5.74) is 1.06. The van der Waals surface area contributed by atoms with Gasteiger partial charge < -0.3 is 20.3 Å². The van der Waals surface area contributed by atoms with Gasteiger partial charge in [0.2, 0.25) is 5.91 Å². The van der Waals surface area contributed by atoms with Crippen molar-refractivity contribution in [2.24, 2.45) is 0 Å². The number of morpholine rings is 1. The van der Waals surface area contributed by atoms with Crippen LogP contribution in [0.15, 0.2) is 30.3 Å². The maximum Gasteiger partial charge on any atom is 0.315 e. The lowest BCUT2D eigenvalue weighted by molar-refractivity contribution is -0.139. The molecule has 0 radical (unpaired) electrons. The first-order valence-corrected chi connectivity index (χ1v) is 9.20. The molecule has 1 aliphatic carbocycles. The molecule has 0 aromatic heterocycles. The fraction of sp³-hybridized carbons (Fsp3) is 0.579. The van der Waals surface area contributed by atoms with Gasteiger partial charge in [-0.1, -0.05) is 49.6 Å². The summed E-state index contributed by atoms with van der Waals surface area (Å²) in [6.45, 7) is 1.58. The molecular formula is C19H27N3O3. The summed E-state index contributed by atoms with van der Waals surface area (Å²) in [4.78, 5) is 26.4. The minimum Gasteiger partial charge on any atom is -0.377 e. The number of rotatable bonds is 4. The second kappa shape index (κ2) is 8.85. The van der Waals surface area contributed by atoms with Gasteiger partial charge in [0.25, 0.3) is 0 Å². The van der Waals surface area contributed by atoms with E-state index in [2.05, 4.69) is 10.6 Å². The molecule has 3 rings (SSSR count). The molecule has 1 saturated carbocycles.